The van der Waals surface area contributed by atoms with Crippen LogP contribution in [0.25, 0.3) is 0 Å². The molecule has 0 bridgehead atoms. The van der Waals surface area contributed by atoms with Crippen LogP contribution in [0.3, 0.4) is 0 Å². The first kappa shape index (κ1) is 14.3. The lowest BCUT2D eigenvalue weighted by Gasteiger charge is -2.14. The Bertz CT molecular complexity index is 283. The van der Waals surface area contributed by atoms with Crippen molar-refractivity contribution in [2.75, 3.05) is 0 Å². The van der Waals surface area contributed by atoms with Gasteiger partial charge in [-0.15, -0.1) is 0 Å². The van der Waals surface area contributed by atoms with E-state index in [-0.39, 0.29) is 0 Å². The molecule has 0 nitrogen and oxygen atoms in total. The van der Waals surface area contributed by atoms with E-state index >= 15 is 0 Å². The van der Waals surface area contributed by atoms with E-state index in [9.17, 15) is 0 Å². The fourth-order valence-corrected chi connectivity index (χ4v) is 2.41. The van der Waals surface area contributed by atoms with Crippen molar-refractivity contribution < 1.29 is 0 Å². The number of unbranched alkanes of at least 4 members (excludes halogenated alkanes) is 1. The lowest BCUT2D eigenvalue weighted by atomic mass is 9.91. The molecule has 0 N–H and O–H groups in total. The Hall–Kier alpha value is -0.780. The zero-order valence-corrected chi connectivity index (χ0v) is 11.8. The lowest BCUT2D eigenvalue weighted by Crippen LogP contribution is -2.03. The van der Waals surface area contributed by atoms with Crippen LogP contribution < -0.4 is 0 Å². The van der Waals surface area contributed by atoms with Crippen LogP contribution in [0.5, 0.6) is 0 Å². The highest BCUT2D eigenvalue weighted by atomic mass is 14.1. The molecule has 0 aliphatic carbocycles. The molecule has 0 aliphatic rings. The minimum Gasteiger partial charge on any atom is -0.0654 e. The maximum atomic E-state index is 2.33. The van der Waals surface area contributed by atoms with E-state index in [1.165, 1.54) is 56.1 Å². The van der Waals surface area contributed by atoms with E-state index < -0.39 is 0 Å². The summed E-state index contributed by atoms with van der Waals surface area (Å²) in [5.41, 5.74) is 3.01. The average Bonchev–Trinajstić information content (AvgIpc) is 2.37. The SMILES string of the molecule is CCCCC(CC)Cc1ccc(CCC)cc1. The molecule has 1 atom stereocenters. The van der Waals surface area contributed by atoms with Crippen molar-refractivity contribution in [2.24, 2.45) is 5.92 Å². The van der Waals surface area contributed by atoms with Gasteiger partial charge in [-0.2, -0.15) is 0 Å². The third-order valence-corrected chi connectivity index (χ3v) is 3.63. The molecule has 0 saturated heterocycles. The molecule has 0 amide bonds. The van der Waals surface area contributed by atoms with Crippen molar-refractivity contribution in [3.05, 3.63) is 35.4 Å². The van der Waals surface area contributed by atoms with Gasteiger partial charge in [0.15, 0.2) is 0 Å². The Morgan fingerprint density at radius 1 is 0.882 bits per heavy atom. The molecular weight excluding hydrogens is 204 g/mol. The van der Waals surface area contributed by atoms with Crippen LogP contribution in [-0.2, 0) is 12.8 Å². The lowest BCUT2D eigenvalue weighted by molar-refractivity contribution is 0.449. The van der Waals surface area contributed by atoms with Crippen LogP contribution in [0.15, 0.2) is 24.3 Å². The quantitative estimate of drug-likeness (QED) is 0.563. The van der Waals surface area contributed by atoms with Gasteiger partial charge in [0.1, 0.15) is 0 Å². The predicted molar refractivity (Wildman–Crippen MR) is 77.4 cm³/mol. The van der Waals surface area contributed by atoms with Crippen molar-refractivity contribution in [2.45, 2.75) is 65.7 Å². The minimum absolute atomic E-state index is 0.881. The van der Waals surface area contributed by atoms with Crippen LogP contribution in [0.4, 0.5) is 0 Å². The van der Waals surface area contributed by atoms with E-state index in [0.29, 0.717) is 0 Å². The molecule has 0 radical (unpaired) electrons. The van der Waals surface area contributed by atoms with Crippen molar-refractivity contribution in [1.29, 1.82) is 0 Å². The Morgan fingerprint density at radius 3 is 2.06 bits per heavy atom. The van der Waals surface area contributed by atoms with Gasteiger partial charge in [0.25, 0.3) is 0 Å². The second kappa shape index (κ2) is 8.33. The topological polar surface area (TPSA) is 0 Å². The van der Waals surface area contributed by atoms with Crippen LogP contribution in [-0.4, -0.2) is 0 Å². The maximum absolute atomic E-state index is 2.33. The zero-order chi connectivity index (χ0) is 12.5. The van der Waals surface area contributed by atoms with E-state index in [4.69, 9.17) is 0 Å². The zero-order valence-electron chi connectivity index (χ0n) is 11.8. The van der Waals surface area contributed by atoms with Gasteiger partial charge in [0.05, 0.1) is 0 Å². The second-order valence-electron chi connectivity index (χ2n) is 5.19. The summed E-state index contributed by atoms with van der Waals surface area (Å²) >= 11 is 0. The van der Waals surface area contributed by atoms with Gasteiger partial charge in [0, 0.05) is 0 Å². The first-order valence-electron chi connectivity index (χ1n) is 7.37. The summed E-state index contributed by atoms with van der Waals surface area (Å²) < 4.78 is 0. The van der Waals surface area contributed by atoms with Gasteiger partial charge in [0.2, 0.25) is 0 Å². The first-order chi connectivity index (χ1) is 8.30. The number of aryl methyl sites for hydroxylation is 1. The normalized spacial score (nSPS) is 12.6. The largest absolute Gasteiger partial charge is 0.0654 e. The molecule has 1 aromatic carbocycles. The van der Waals surface area contributed by atoms with Crippen molar-refractivity contribution in [1.82, 2.24) is 0 Å². The fraction of sp³-hybridized carbons (Fsp3) is 0.647. The summed E-state index contributed by atoms with van der Waals surface area (Å²) in [7, 11) is 0. The smallest absolute Gasteiger partial charge is 0.0250 e. The molecule has 0 heterocycles. The number of hydrogen-bond donors (Lipinski definition) is 0. The molecule has 0 saturated carbocycles. The van der Waals surface area contributed by atoms with E-state index in [2.05, 4.69) is 45.0 Å². The molecule has 0 spiro atoms. The monoisotopic (exact) mass is 232 g/mol. The number of hydrogen-bond acceptors (Lipinski definition) is 0. The highest BCUT2D eigenvalue weighted by molar-refractivity contribution is 5.23. The Morgan fingerprint density at radius 2 is 1.53 bits per heavy atom. The molecule has 0 aliphatic heterocycles. The summed E-state index contributed by atoms with van der Waals surface area (Å²) in [6.07, 6.45) is 9.14. The van der Waals surface area contributed by atoms with Crippen LogP contribution in [0.2, 0.25) is 0 Å². The van der Waals surface area contributed by atoms with Crippen LogP contribution in [0.1, 0.15) is 64.0 Å². The molecule has 1 aromatic rings. The Kier molecular flexibility index (Phi) is 7.00. The van der Waals surface area contributed by atoms with Crippen LogP contribution in [0, 0.1) is 5.92 Å². The number of rotatable bonds is 8. The summed E-state index contributed by atoms with van der Waals surface area (Å²) in [5.74, 6) is 0.881. The summed E-state index contributed by atoms with van der Waals surface area (Å²) in [4.78, 5) is 0. The standard InChI is InChI=1S/C17H28/c1-4-7-9-15(6-3)14-17-12-10-16(8-5-2)11-13-17/h10-13,15H,4-9,14H2,1-3H3. The predicted octanol–water partition coefficient (Wildman–Crippen LogP) is 5.40. The first-order valence-corrected chi connectivity index (χ1v) is 7.37. The molecule has 17 heavy (non-hydrogen) atoms. The molecule has 96 valence electrons. The van der Waals surface area contributed by atoms with Gasteiger partial charge < -0.3 is 0 Å². The van der Waals surface area contributed by atoms with Gasteiger partial charge in [-0.05, 0) is 29.9 Å². The summed E-state index contributed by atoms with van der Waals surface area (Å²) in [6.45, 7) is 6.85. The average molecular weight is 232 g/mol. The van der Waals surface area contributed by atoms with Crippen LogP contribution >= 0.6 is 0 Å². The van der Waals surface area contributed by atoms with Gasteiger partial charge in [-0.1, -0.05) is 77.1 Å². The highest BCUT2D eigenvalue weighted by Gasteiger charge is 2.06. The van der Waals surface area contributed by atoms with Crippen molar-refractivity contribution >= 4 is 0 Å². The molecular formula is C17H28. The Balaban J connectivity index is 2.48. The molecule has 0 aromatic heterocycles. The third kappa shape index (κ3) is 5.39. The van der Waals surface area contributed by atoms with E-state index in [1.807, 2.05) is 0 Å². The van der Waals surface area contributed by atoms with Crippen molar-refractivity contribution in [3.8, 4) is 0 Å². The van der Waals surface area contributed by atoms with Gasteiger partial charge >= 0.3 is 0 Å². The molecule has 1 unspecified atom stereocenters. The minimum atomic E-state index is 0.881. The maximum Gasteiger partial charge on any atom is -0.0250 e. The summed E-state index contributed by atoms with van der Waals surface area (Å²) in [6, 6.07) is 9.29. The molecule has 0 fully saturated rings. The third-order valence-electron chi connectivity index (χ3n) is 3.63. The van der Waals surface area contributed by atoms with E-state index in [0.717, 1.165) is 5.92 Å². The Labute approximate surface area is 107 Å². The van der Waals surface area contributed by atoms with Gasteiger partial charge in [-0.25, -0.2) is 0 Å². The fourth-order valence-electron chi connectivity index (χ4n) is 2.41. The van der Waals surface area contributed by atoms with E-state index in [1.54, 1.807) is 0 Å². The molecule has 1 rings (SSSR count). The van der Waals surface area contributed by atoms with Crippen molar-refractivity contribution in [3.63, 3.8) is 0 Å². The number of benzene rings is 1. The molecule has 0 heteroatoms. The highest BCUT2D eigenvalue weighted by Crippen LogP contribution is 2.19. The summed E-state index contributed by atoms with van der Waals surface area (Å²) in [5, 5.41) is 0. The second-order valence-corrected chi connectivity index (χ2v) is 5.19. The van der Waals surface area contributed by atoms with Gasteiger partial charge in [-0.3, -0.25) is 0 Å².